The molecule has 5 heteroatoms. The van der Waals surface area contributed by atoms with Crippen LogP contribution in [-0.2, 0) is 12.7 Å². The number of aromatic nitrogens is 1. The maximum absolute atomic E-state index is 12.7. The number of nitrogens with one attached hydrogen (secondary N) is 1. The monoisotopic (exact) mass is 294 g/mol. The topological polar surface area (TPSA) is 24.9 Å². The Morgan fingerprint density at radius 2 is 1.95 bits per heavy atom. The lowest BCUT2D eigenvalue weighted by Gasteiger charge is -2.16. The van der Waals surface area contributed by atoms with Gasteiger partial charge < -0.3 is 5.32 Å². The van der Waals surface area contributed by atoms with E-state index in [1.807, 2.05) is 26.0 Å². The molecule has 0 fully saturated rings. The lowest BCUT2D eigenvalue weighted by Crippen LogP contribution is -2.19. The van der Waals surface area contributed by atoms with Gasteiger partial charge in [0.2, 0.25) is 0 Å². The number of aryl methyl sites for hydroxylation is 1. The van der Waals surface area contributed by atoms with Gasteiger partial charge in [-0.15, -0.1) is 0 Å². The van der Waals surface area contributed by atoms with Crippen molar-refractivity contribution in [2.45, 2.75) is 32.6 Å². The van der Waals surface area contributed by atoms with Crippen LogP contribution in [0.4, 0.5) is 13.2 Å². The molecule has 2 nitrogen and oxygen atoms in total. The molecule has 0 saturated carbocycles. The number of rotatable bonds is 4. The van der Waals surface area contributed by atoms with Crippen LogP contribution < -0.4 is 5.32 Å². The summed E-state index contributed by atoms with van der Waals surface area (Å²) in [5.41, 5.74) is 1.92. The van der Waals surface area contributed by atoms with Gasteiger partial charge in [0.15, 0.2) is 0 Å². The highest BCUT2D eigenvalue weighted by Crippen LogP contribution is 2.30. The summed E-state index contributed by atoms with van der Waals surface area (Å²) >= 11 is 0. The van der Waals surface area contributed by atoms with E-state index in [2.05, 4.69) is 10.3 Å². The molecule has 0 radical (unpaired) electrons. The second kappa shape index (κ2) is 6.26. The molecule has 1 N–H and O–H groups in total. The zero-order chi connectivity index (χ0) is 15.5. The van der Waals surface area contributed by atoms with Gasteiger partial charge in [0.1, 0.15) is 0 Å². The van der Waals surface area contributed by atoms with Crippen molar-refractivity contribution in [3.63, 3.8) is 0 Å². The molecule has 0 aliphatic carbocycles. The van der Waals surface area contributed by atoms with Crippen LogP contribution in [0.5, 0.6) is 0 Å². The van der Waals surface area contributed by atoms with Crippen molar-refractivity contribution in [2.24, 2.45) is 0 Å². The van der Waals surface area contributed by atoms with Crippen molar-refractivity contribution in [3.8, 4) is 0 Å². The second-order valence-electron chi connectivity index (χ2n) is 5.05. The summed E-state index contributed by atoms with van der Waals surface area (Å²) < 4.78 is 38.1. The van der Waals surface area contributed by atoms with Crippen molar-refractivity contribution in [2.75, 3.05) is 0 Å². The lowest BCUT2D eigenvalue weighted by molar-refractivity contribution is -0.137. The van der Waals surface area contributed by atoms with Crippen LogP contribution in [0.25, 0.3) is 0 Å². The molecule has 2 aromatic rings. The van der Waals surface area contributed by atoms with Gasteiger partial charge in [0.05, 0.1) is 11.3 Å². The third kappa shape index (κ3) is 4.29. The molecule has 1 aromatic heterocycles. The van der Waals surface area contributed by atoms with E-state index in [0.29, 0.717) is 12.1 Å². The van der Waals surface area contributed by atoms with Crippen LogP contribution in [0.1, 0.15) is 35.3 Å². The summed E-state index contributed by atoms with van der Waals surface area (Å²) in [5.74, 6) is 0. The zero-order valence-electron chi connectivity index (χ0n) is 11.9. The van der Waals surface area contributed by atoms with Crippen molar-refractivity contribution < 1.29 is 13.2 Å². The Balaban J connectivity index is 2.03. The summed E-state index contributed by atoms with van der Waals surface area (Å²) in [6.45, 7) is 4.30. The fraction of sp³-hybridized carbons (Fsp3) is 0.312. The molecule has 1 aromatic carbocycles. The molecule has 0 saturated heterocycles. The predicted molar refractivity (Wildman–Crippen MR) is 75.7 cm³/mol. The standard InChI is InChI=1S/C16H17F3N2/c1-11-6-7-15(21-9-11)10-20-12(2)13-4-3-5-14(8-13)16(17,18)19/h3-9,12,20H,10H2,1-2H3. The molecule has 0 amide bonds. The Hall–Kier alpha value is -1.88. The number of halogens is 3. The van der Waals surface area contributed by atoms with E-state index in [4.69, 9.17) is 0 Å². The quantitative estimate of drug-likeness (QED) is 0.911. The van der Waals surface area contributed by atoms with Crippen LogP contribution in [0.15, 0.2) is 42.6 Å². The van der Waals surface area contributed by atoms with E-state index in [1.54, 1.807) is 12.3 Å². The van der Waals surface area contributed by atoms with Crippen molar-refractivity contribution in [1.29, 1.82) is 0 Å². The van der Waals surface area contributed by atoms with Gasteiger partial charge in [-0.3, -0.25) is 4.98 Å². The van der Waals surface area contributed by atoms with Gasteiger partial charge in [-0.25, -0.2) is 0 Å². The van der Waals surface area contributed by atoms with Crippen LogP contribution in [0, 0.1) is 6.92 Å². The van der Waals surface area contributed by atoms with Crippen LogP contribution in [-0.4, -0.2) is 4.98 Å². The first-order valence-electron chi connectivity index (χ1n) is 6.68. The van der Waals surface area contributed by atoms with Gasteiger partial charge in [0.25, 0.3) is 0 Å². The SMILES string of the molecule is Cc1ccc(CNC(C)c2cccc(C(F)(F)F)c2)nc1. The Morgan fingerprint density at radius 1 is 1.19 bits per heavy atom. The van der Waals surface area contributed by atoms with Gasteiger partial charge in [-0.2, -0.15) is 13.2 Å². The average molecular weight is 294 g/mol. The first kappa shape index (κ1) is 15.5. The van der Waals surface area contributed by atoms with Crippen molar-refractivity contribution in [1.82, 2.24) is 10.3 Å². The van der Waals surface area contributed by atoms with E-state index >= 15 is 0 Å². The first-order chi connectivity index (χ1) is 9.86. The minimum Gasteiger partial charge on any atom is -0.305 e. The fourth-order valence-corrected chi connectivity index (χ4v) is 1.96. The Morgan fingerprint density at radius 3 is 2.57 bits per heavy atom. The Kier molecular flexibility index (Phi) is 4.63. The number of hydrogen-bond acceptors (Lipinski definition) is 2. The second-order valence-corrected chi connectivity index (χ2v) is 5.05. The molecule has 112 valence electrons. The predicted octanol–water partition coefficient (Wildman–Crippen LogP) is 4.26. The first-order valence-corrected chi connectivity index (χ1v) is 6.68. The van der Waals surface area contributed by atoms with Gasteiger partial charge in [0, 0.05) is 18.8 Å². The normalized spacial score (nSPS) is 13.2. The van der Waals surface area contributed by atoms with Gasteiger partial charge in [-0.1, -0.05) is 18.2 Å². The molecule has 0 bridgehead atoms. The molecule has 0 aliphatic heterocycles. The summed E-state index contributed by atoms with van der Waals surface area (Å²) in [6, 6.07) is 9.06. The van der Waals surface area contributed by atoms with Crippen molar-refractivity contribution >= 4 is 0 Å². The van der Waals surface area contributed by atoms with E-state index in [0.717, 1.165) is 17.3 Å². The molecule has 21 heavy (non-hydrogen) atoms. The van der Waals surface area contributed by atoms with Crippen molar-refractivity contribution in [3.05, 3.63) is 65.0 Å². The van der Waals surface area contributed by atoms with Crippen LogP contribution in [0.3, 0.4) is 0 Å². The van der Waals surface area contributed by atoms with E-state index in [1.165, 1.54) is 12.1 Å². The molecule has 1 atom stereocenters. The van der Waals surface area contributed by atoms with Crippen LogP contribution >= 0.6 is 0 Å². The molecule has 1 heterocycles. The maximum Gasteiger partial charge on any atom is 0.416 e. The molecular formula is C16H17F3N2. The lowest BCUT2D eigenvalue weighted by atomic mass is 10.0. The fourth-order valence-electron chi connectivity index (χ4n) is 1.96. The third-order valence-corrected chi connectivity index (χ3v) is 3.28. The summed E-state index contributed by atoms with van der Waals surface area (Å²) in [7, 11) is 0. The number of nitrogens with zero attached hydrogens (tertiary/aromatic N) is 1. The minimum atomic E-state index is -4.31. The molecular weight excluding hydrogens is 277 g/mol. The van der Waals surface area contributed by atoms with E-state index in [-0.39, 0.29) is 6.04 Å². The smallest absolute Gasteiger partial charge is 0.305 e. The number of benzene rings is 1. The minimum absolute atomic E-state index is 0.185. The third-order valence-electron chi connectivity index (χ3n) is 3.28. The highest BCUT2D eigenvalue weighted by molar-refractivity contribution is 5.27. The Bertz CT molecular complexity index is 591. The molecule has 0 aliphatic rings. The summed E-state index contributed by atoms with van der Waals surface area (Å²) in [6.07, 6.45) is -2.54. The average Bonchev–Trinajstić information content (AvgIpc) is 2.45. The van der Waals surface area contributed by atoms with E-state index < -0.39 is 11.7 Å². The maximum atomic E-state index is 12.7. The summed E-state index contributed by atoms with van der Waals surface area (Å²) in [4.78, 5) is 4.26. The molecule has 2 rings (SSSR count). The van der Waals surface area contributed by atoms with E-state index in [9.17, 15) is 13.2 Å². The number of pyridine rings is 1. The van der Waals surface area contributed by atoms with Gasteiger partial charge >= 0.3 is 6.18 Å². The largest absolute Gasteiger partial charge is 0.416 e. The summed E-state index contributed by atoms with van der Waals surface area (Å²) in [5, 5.41) is 3.18. The highest BCUT2D eigenvalue weighted by atomic mass is 19.4. The highest BCUT2D eigenvalue weighted by Gasteiger charge is 2.30. The molecule has 0 spiro atoms. The van der Waals surface area contributed by atoms with Gasteiger partial charge in [-0.05, 0) is 43.2 Å². The zero-order valence-corrected chi connectivity index (χ0v) is 11.9. The number of alkyl halides is 3. The molecule has 1 unspecified atom stereocenters. The number of hydrogen-bond donors (Lipinski definition) is 1. The Labute approximate surface area is 122 Å². The van der Waals surface area contributed by atoms with Crippen LogP contribution in [0.2, 0.25) is 0 Å².